The lowest BCUT2D eigenvalue weighted by Gasteiger charge is -2.31. The second kappa shape index (κ2) is 5.32. The Balaban J connectivity index is 2.14. The van der Waals surface area contributed by atoms with Crippen molar-refractivity contribution < 1.29 is 4.79 Å². The third kappa shape index (κ3) is 3.07. The summed E-state index contributed by atoms with van der Waals surface area (Å²) in [4.78, 5) is 16.0. The topological polar surface area (TPSA) is 23.6 Å². The first kappa shape index (κ1) is 12.1. The van der Waals surface area contributed by atoms with Gasteiger partial charge in [-0.3, -0.25) is 9.69 Å². The van der Waals surface area contributed by atoms with Crippen LogP contribution in [-0.4, -0.2) is 43.0 Å². The van der Waals surface area contributed by atoms with Crippen LogP contribution in [0.2, 0.25) is 0 Å². The maximum atomic E-state index is 12.0. The van der Waals surface area contributed by atoms with E-state index in [1.54, 1.807) is 0 Å². The molecule has 1 unspecified atom stereocenters. The molecule has 3 nitrogen and oxygen atoms in total. The predicted octanol–water partition coefficient (Wildman–Crippen LogP) is 1.91. The highest BCUT2D eigenvalue weighted by atomic mass is 16.2. The van der Waals surface area contributed by atoms with Crippen LogP contribution < -0.4 is 0 Å². The van der Waals surface area contributed by atoms with Crippen molar-refractivity contribution in [1.82, 2.24) is 9.80 Å². The second-order valence-electron chi connectivity index (χ2n) is 4.91. The molecule has 1 aliphatic heterocycles. The lowest BCUT2D eigenvalue weighted by Crippen LogP contribution is -2.40. The Morgan fingerprint density at radius 1 is 1.18 bits per heavy atom. The van der Waals surface area contributed by atoms with Crippen LogP contribution in [0.3, 0.4) is 0 Å². The highest BCUT2D eigenvalue weighted by molar-refractivity contribution is 5.76. The molecule has 1 aromatic rings. The molecule has 1 heterocycles. The van der Waals surface area contributed by atoms with E-state index >= 15 is 0 Å². The first-order valence-corrected chi connectivity index (χ1v) is 6.14. The van der Waals surface area contributed by atoms with Gasteiger partial charge in [-0.15, -0.1) is 0 Å². The number of benzene rings is 1. The minimum absolute atomic E-state index is 0.241. The first-order valence-electron chi connectivity index (χ1n) is 6.14. The highest BCUT2D eigenvalue weighted by Gasteiger charge is 2.22. The van der Waals surface area contributed by atoms with Gasteiger partial charge in [0.25, 0.3) is 0 Å². The van der Waals surface area contributed by atoms with Crippen molar-refractivity contribution >= 4 is 5.91 Å². The zero-order chi connectivity index (χ0) is 12.3. The Hall–Kier alpha value is -1.35. The highest BCUT2D eigenvalue weighted by Crippen LogP contribution is 2.25. The summed E-state index contributed by atoms with van der Waals surface area (Å²) in [6.07, 6.45) is 1.69. The molecule has 1 fully saturated rings. The van der Waals surface area contributed by atoms with Crippen LogP contribution in [-0.2, 0) is 4.79 Å². The van der Waals surface area contributed by atoms with Gasteiger partial charge in [-0.1, -0.05) is 30.3 Å². The molecule has 0 aliphatic carbocycles. The molecule has 0 bridgehead atoms. The third-order valence-electron chi connectivity index (χ3n) is 3.43. The maximum absolute atomic E-state index is 12.0. The van der Waals surface area contributed by atoms with Crippen molar-refractivity contribution in [3.63, 3.8) is 0 Å². The summed E-state index contributed by atoms with van der Waals surface area (Å²) in [5.74, 6) is 0.597. The van der Waals surface area contributed by atoms with E-state index in [1.807, 2.05) is 30.1 Å². The number of amides is 1. The van der Waals surface area contributed by atoms with Gasteiger partial charge in [0.05, 0.1) is 6.67 Å². The molecule has 3 heteroatoms. The Morgan fingerprint density at radius 2 is 1.88 bits per heavy atom. The minimum Gasteiger partial charge on any atom is -0.333 e. The average Bonchev–Trinajstić information content (AvgIpc) is 2.33. The molecular formula is C14H20N2O. The van der Waals surface area contributed by atoms with Crippen molar-refractivity contribution in [2.24, 2.45) is 0 Å². The maximum Gasteiger partial charge on any atom is 0.223 e. The Morgan fingerprint density at radius 3 is 2.59 bits per heavy atom. The minimum atomic E-state index is 0.241. The normalized spacial score (nSPS) is 23.3. The lowest BCUT2D eigenvalue weighted by atomic mass is 9.91. The molecule has 0 aromatic heterocycles. The van der Waals surface area contributed by atoms with Crippen LogP contribution in [0, 0.1) is 0 Å². The zero-order valence-corrected chi connectivity index (χ0v) is 10.6. The van der Waals surface area contributed by atoms with Crippen LogP contribution in [0.1, 0.15) is 24.3 Å². The number of nitrogens with zero attached hydrogens (tertiary/aromatic N) is 2. The predicted molar refractivity (Wildman–Crippen MR) is 68.7 cm³/mol. The summed E-state index contributed by atoms with van der Waals surface area (Å²) < 4.78 is 0. The fourth-order valence-electron chi connectivity index (χ4n) is 2.37. The Bertz CT molecular complexity index is 377. The largest absolute Gasteiger partial charge is 0.333 e. The molecule has 17 heavy (non-hydrogen) atoms. The summed E-state index contributed by atoms with van der Waals surface area (Å²) in [7, 11) is 3.95. The van der Waals surface area contributed by atoms with E-state index in [0.717, 1.165) is 19.6 Å². The van der Waals surface area contributed by atoms with Crippen LogP contribution in [0.25, 0.3) is 0 Å². The quantitative estimate of drug-likeness (QED) is 0.738. The molecule has 0 spiro atoms. The van der Waals surface area contributed by atoms with Crippen LogP contribution in [0.15, 0.2) is 30.3 Å². The number of carbonyl (C=O) groups excluding carboxylic acids is 1. The first-order chi connectivity index (χ1) is 8.16. The van der Waals surface area contributed by atoms with Gasteiger partial charge in [-0.05, 0) is 24.9 Å². The van der Waals surface area contributed by atoms with Crippen molar-refractivity contribution in [2.75, 3.05) is 27.3 Å². The molecule has 0 saturated carbocycles. The van der Waals surface area contributed by atoms with Gasteiger partial charge >= 0.3 is 0 Å². The smallest absolute Gasteiger partial charge is 0.223 e. The molecule has 1 saturated heterocycles. The van der Waals surface area contributed by atoms with Gasteiger partial charge in [0.1, 0.15) is 0 Å². The van der Waals surface area contributed by atoms with Crippen LogP contribution in [0.4, 0.5) is 0 Å². The summed E-state index contributed by atoms with van der Waals surface area (Å²) in [6.45, 7) is 1.78. The van der Waals surface area contributed by atoms with E-state index in [4.69, 9.17) is 0 Å². The fraction of sp³-hybridized carbons (Fsp3) is 0.500. The van der Waals surface area contributed by atoms with E-state index in [0.29, 0.717) is 12.3 Å². The van der Waals surface area contributed by atoms with Gasteiger partial charge in [0.2, 0.25) is 5.91 Å². The molecule has 1 aromatic carbocycles. The summed E-state index contributed by atoms with van der Waals surface area (Å²) in [6, 6.07) is 10.4. The molecule has 0 N–H and O–H groups in total. The molecule has 2 rings (SSSR count). The van der Waals surface area contributed by atoms with E-state index < -0.39 is 0 Å². The second-order valence-corrected chi connectivity index (χ2v) is 4.91. The van der Waals surface area contributed by atoms with Gasteiger partial charge in [0, 0.05) is 20.0 Å². The van der Waals surface area contributed by atoms with Gasteiger partial charge in [0.15, 0.2) is 0 Å². The van der Waals surface area contributed by atoms with Crippen molar-refractivity contribution in [3.05, 3.63) is 35.9 Å². The van der Waals surface area contributed by atoms with E-state index in [-0.39, 0.29) is 5.91 Å². The third-order valence-corrected chi connectivity index (χ3v) is 3.43. The molecule has 0 radical (unpaired) electrons. The molecule has 1 atom stereocenters. The molecule has 92 valence electrons. The van der Waals surface area contributed by atoms with E-state index in [1.165, 1.54) is 5.56 Å². The lowest BCUT2D eigenvalue weighted by molar-refractivity contribution is -0.132. The average molecular weight is 232 g/mol. The Kier molecular flexibility index (Phi) is 3.79. The molecule has 1 aliphatic rings. The van der Waals surface area contributed by atoms with Gasteiger partial charge < -0.3 is 4.90 Å². The summed E-state index contributed by atoms with van der Waals surface area (Å²) in [5, 5.41) is 0. The van der Waals surface area contributed by atoms with Gasteiger partial charge in [-0.25, -0.2) is 0 Å². The monoisotopic (exact) mass is 232 g/mol. The number of hydrogen-bond acceptors (Lipinski definition) is 2. The summed E-state index contributed by atoms with van der Waals surface area (Å²) in [5.41, 5.74) is 1.28. The van der Waals surface area contributed by atoms with Gasteiger partial charge in [-0.2, -0.15) is 0 Å². The standard InChI is InChI=1S/C14H20N2O/c1-15-9-8-13(10-14(17)16(2)11-15)12-6-4-3-5-7-12/h3-7,13H,8-11H2,1-2H3. The zero-order valence-electron chi connectivity index (χ0n) is 10.6. The van der Waals surface area contributed by atoms with Crippen LogP contribution in [0.5, 0.6) is 0 Å². The van der Waals surface area contributed by atoms with Crippen LogP contribution >= 0.6 is 0 Å². The SMILES string of the molecule is CN1CCC(c2ccccc2)CC(=O)N(C)C1. The van der Waals surface area contributed by atoms with E-state index in [2.05, 4.69) is 24.1 Å². The number of hydrogen-bond donors (Lipinski definition) is 0. The molecule has 1 amide bonds. The summed E-state index contributed by atoms with van der Waals surface area (Å²) >= 11 is 0. The van der Waals surface area contributed by atoms with Crippen molar-refractivity contribution in [1.29, 1.82) is 0 Å². The number of carbonyl (C=O) groups is 1. The molecular weight excluding hydrogens is 212 g/mol. The van der Waals surface area contributed by atoms with E-state index in [9.17, 15) is 4.79 Å². The number of rotatable bonds is 1. The van der Waals surface area contributed by atoms with Crippen molar-refractivity contribution in [3.8, 4) is 0 Å². The Labute approximate surface area is 103 Å². The fourth-order valence-corrected chi connectivity index (χ4v) is 2.37. The van der Waals surface area contributed by atoms with Crippen molar-refractivity contribution in [2.45, 2.75) is 18.8 Å².